The summed E-state index contributed by atoms with van der Waals surface area (Å²) in [5, 5.41) is 4.03. The molecular formula is C20H21N3O2. The first-order valence-electron chi connectivity index (χ1n) is 8.50. The van der Waals surface area contributed by atoms with Gasteiger partial charge in [0.15, 0.2) is 0 Å². The van der Waals surface area contributed by atoms with Gasteiger partial charge in [-0.3, -0.25) is 9.59 Å². The van der Waals surface area contributed by atoms with Crippen LogP contribution in [0.5, 0.6) is 0 Å². The number of aryl methyl sites for hydroxylation is 1. The summed E-state index contributed by atoms with van der Waals surface area (Å²) in [6.45, 7) is 2.80. The second kappa shape index (κ2) is 7.75. The average molecular weight is 335 g/mol. The molecule has 0 aliphatic carbocycles. The zero-order valence-electron chi connectivity index (χ0n) is 14.2. The van der Waals surface area contributed by atoms with E-state index in [-0.39, 0.29) is 11.8 Å². The lowest BCUT2D eigenvalue weighted by Crippen LogP contribution is -2.24. The Balaban J connectivity index is 1.67. The predicted octanol–water partition coefficient (Wildman–Crippen LogP) is 3.14. The van der Waals surface area contributed by atoms with E-state index in [1.165, 1.54) is 5.56 Å². The Labute approximate surface area is 147 Å². The van der Waals surface area contributed by atoms with Crippen molar-refractivity contribution >= 4 is 23.7 Å². The highest BCUT2D eigenvalue weighted by Crippen LogP contribution is 2.22. The molecule has 1 aliphatic rings. The second-order valence-corrected chi connectivity index (χ2v) is 6.00. The fourth-order valence-electron chi connectivity index (χ4n) is 2.86. The van der Waals surface area contributed by atoms with Crippen LogP contribution in [0.3, 0.4) is 0 Å². The number of carbonyl (C=O) groups excluding carboxylic acids is 2. The van der Waals surface area contributed by atoms with E-state index in [1.54, 1.807) is 29.3 Å². The molecule has 128 valence electrons. The third kappa shape index (κ3) is 4.12. The minimum Gasteiger partial charge on any atom is -0.312 e. The van der Waals surface area contributed by atoms with Gasteiger partial charge in [-0.15, -0.1) is 0 Å². The summed E-state index contributed by atoms with van der Waals surface area (Å²) in [4.78, 5) is 25.8. The number of benzene rings is 2. The Kier molecular flexibility index (Phi) is 5.23. The molecule has 1 N–H and O–H groups in total. The average Bonchev–Trinajstić information content (AvgIpc) is 3.08. The first kappa shape index (κ1) is 16.9. The summed E-state index contributed by atoms with van der Waals surface area (Å²) in [5.41, 5.74) is 5.94. The van der Waals surface area contributed by atoms with Gasteiger partial charge >= 0.3 is 0 Å². The van der Waals surface area contributed by atoms with E-state index < -0.39 is 0 Å². The summed E-state index contributed by atoms with van der Waals surface area (Å²) in [7, 11) is 0. The van der Waals surface area contributed by atoms with Crippen molar-refractivity contribution in [1.82, 2.24) is 5.43 Å². The number of nitrogens with one attached hydrogen (secondary N) is 1. The second-order valence-electron chi connectivity index (χ2n) is 6.00. The quantitative estimate of drug-likeness (QED) is 0.674. The minimum absolute atomic E-state index is 0.103. The SMILES string of the molecule is CCc1cccc(/C=N/NC(=O)c2cccc(N3CCCC3=O)c2)c1. The van der Waals surface area contributed by atoms with Crippen molar-refractivity contribution in [2.45, 2.75) is 26.2 Å². The zero-order valence-corrected chi connectivity index (χ0v) is 14.2. The Hall–Kier alpha value is -2.95. The Morgan fingerprint density at radius 1 is 1.24 bits per heavy atom. The van der Waals surface area contributed by atoms with Crippen molar-refractivity contribution < 1.29 is 9.59 Å². The Bertz CT molecular complexity index is 814. The summed E-state index contributed by atoms with van der Waals surface area (Å²) in [6.07, 6.45) is 4.01. The summed E-state index contributed by atoms with van der Waals surface area (Å²) < 4.78 is 0. The molecule has 5 nitrogen and oxygen atoms in total. The number of amides is 2. The van der Waals surface area contributed by atoms with Crippen molar-refractivity contribution in [3.63, 3.8) is 0 Å². The minimum atomic E-state index is -0.295. The first-order valence-corrected chi connectivity index (χ1v) is 8.50. The molecule has 5 heteroatoms. The van der Waals surface area contributed by atoms with Gasteiger partial charge in [0.2, 0.25) is 5.91 Å². The number of anilines is 1. The van der Waals surface area contributed by atoms with Crippen LogP contribution in [0.15, 0.2) is 53.6 Å². The molecule has 0 bridgehead atoms. The van der Waals surface area contributed by atoms with Crippen molar-refractivity contribution in [3.8, 4) is 0 Å². The van der Waals surface area contributed by atoms with E-state index >= 15 is 0 Å². The molecule has 25 heavy (non-hydrogen) atoms. The number of nitrogens with zero attached hydrogens (tertiary/aromatic N) is 2. The fraction of sp³-hybridized carbons (Fsp3) is 0.250. The van der Waals surface area contributed by atoms with Crippen LogP contribution in [0.2, 0.25) is 0 Å². The highest BCUT2D eigenvalue weighted by Gasteiger charge is 2.22. The van der Waals surface area contributed by atoms with E-state index in [2.05, 4.69) is 23.5 Å². The molecule has 0 unspecified atom stereocenters. The van der Waals surface area contributed by atoms with Gasteiger partial charge in [0.25, 0.3) is 5.91 Å². The summed E-state index contributed by atoms with van der Waals surface area (Å²) >= 11 is 0. The van der Waals surface area contributed by atoms with Gasteiger partial charge in [-0.1, -0.05) is 37.3 Å². The lowest BCUT2D eigenvalue weighted by Gasteiger charge is -2.16. The van der Waals surface area contributed by atoms with Crippen LogP contribution in [0, 0.1) is 0 Å². The van der Waals surface area contributed by atoms with Crippen molar-refractivity contribution in [3.05, 3.63) is 65.2 Å². The van der Waals surface area contributed by atoms with Crippen LogP contribution in [0.1, 0.15) is 41.3 Å². The third-order valence-corrected chi connectivity index (χ3v) is 4.23. The molecule has 0 aromatic heterocycles. The highest BCUT2D eigenvalue weighted by atomic mass is 16.2. The lowest BCUT2D eigenvalue weighted by atomic mass is 10.1. The molecule has 3 rings (SSSR count). The molecule has 0 saturated carbocycles. The maximum absolute atomic E-state index is 12.3. The van der Waals surface area contributed by atoms with Gasteiger partial charge in [0, 0.05) is 24.2 Å². The van der Waals surface area contributed by atoms with Crippen LogP contribution in [0.25, 0.3) is 0 Å². The first-order chi connectivity index (χ1) is 12.2. The summed E-state index contributed by atoms with van der Waals surface area (Å²) in [5.74, 6) is -0.192. The van der Waals surface area contributed by atoms with Gasteiger partial charge < -0.3 is 4.90 Å². The number of hydrogen-bond donors (Lipinski definition) is 1. The predicted molar refractivity (Wildman–Crippen MR) is 98.9 cm³/mol. The topological polar surface area (TPSA) is 61.8 Å². The van der Waals surface area contributed by atoms with Gasteiger partial charge in [-0.05, 0) is 42.2 Å². The van der Waals surface area contributed by atoms with Gasteiger partial charge in [-0.25, -0.2) is 5.43 Å². The van der Waals surface area contributed by atoms with Gasteiger partial charge in [0.05, 0.1) is 6.21 Å². The Morgan fingerprint density at radius 2 is 2.08 bits per heavy atom. The molecule has 2 aromatic rings. The van der Waals surface area contributed by atoms with Crippen LogP contribution in [-0.4, -0.2) is 24.6 Å². The third-order valence-electron chi connectivity index (χ3n) is 4.23. The molecule has 1 saturated heterocycles. The van der Waals surface area contributed by atoms with Gasteiger partial charge in [-0.2, -0.15) is 5.10 Å². The smallest absolute Gasteiger partial charge is 0.271 e. The zero-order chi connectivity index (χ0) is 17.6. The van der Waals surface area contributed by atoms with Crippen LogP contribution in [-0.2, 0) is 11.2 Å². The molecule has 0 radical (unpaired) electrons. The summed E-state index contributed by atoms with van der Waals surface area (Å²) in [6, 6.07) is 15.1. The van der Waals surface area contributed by atoms with Crippen LogP contribution >= 0.6 is 0 Å². The van der Waals surface area contributed by atoms with E-state index in [4.69, 9.17) is 0 Å². The van der Waals surface area contributed by atoms with E-state index in [1.807, 2.05) is 24.3 Å². The molecule has 1 aliphatic heterocycles. The molecule has 1 heterocycles. The Morgan fingerprint density at radius 3 is 2.84 bits per heavy atom. The van der Waals surface area contributed by atoms with Crippen molar-refractivity contribution in [2.75, 3.05) is 11.4 Å². The van der Waals surface area contributed by atoms with E-state index in [0.29, 0.717) is 18.5 Å². The lowest BCUT2D eigenvalue weighted by molar-refractivity contribution is -0.117. The maximum Gasteiger partial charge on any atom is 0.271 e. The van der Waals surface area contributed by atoms with E-state index in [9.17, 15) is 9.59 Å². The largest absolute Gasteiger partial charge is 0.312 e. The van der Waals surface area contributed by atoms with Crippen LogP contribution < -0.4 is 10.3 Å². The number of rotatable bonds is 5. The molecule has 0 spiro atoms. The van der Waals surface area contributed by atoms with Crippen molar-refractivity contribution in [2.24, 2.45) is 5.10 Å². The number of carbonyl (C=O) groups is 2. The number of hydrogen-bond acceptors (Lipinski definition) is 3. The maximum atomic E-state index is 12.3. The number of hydrazone groups is 1. The monoisotopic (exact) mass is 335 g/mol. The molecule has 0 atom stereocenters. The normalized spacial score (nSPS) is 14.3. The van der Waals surface area contributed by atoms with E-state index in [0.717, 1.165) is 24.1 Å². The molecular weight excluding hydrogens is 314 g/mol. The molecule has 1 fully saturated rings. The standard InChI is InChI=1S/C20H21N3O2/c1-2-15-6-3-7-16(12-15)14-21-22-20(25)17-8-4-9-18(13-17)23-11-5-10-19(23)24/h3-4,6-9,12-14H,2,5,10-11H2,1H3,(H,22,25)/b21-14+. The van der Waals surface area contributed by atoms with Gasteiger partial charge in [0.1, 0.15) is 0 Å². The van der Waals surface area contributed by atoms with Crippen molar-refractivity contribution in [1.29, 1.82) is 0 Å². The fourth-order valence-corrected chi connectivity index (χ4v) is 2.86. The highest BCUT2D eigenvalue weighted by molar-refractivity contribution is 5.99. The van der Waals surface area contributed by atoms with Crippen LogP contribution in [0.4, 0.5) is 5.69 Å². The molecule has 2 amide bonds. The molecule has 2 aromatic carbocycles.